The van der Waals surface area contributed by atoms with E-state index in [1.54, 1.807) is 13.8 Å². The van der Waals surface area contributed by atoms with Crippen LogP contribution in [-0.4, -0.2) is 27.3 Å². The first-order chi connectivity index (χ1) is 8.20. The van der Waals surface area contributed by atoms with E-state index in [1.165, 1.54) is 25.1 Å². The van der Waals surface area contributed by atoms with Crippen LogP contribution in [0.1, 0.15) is 32.4 Å². The predicted octanol–water partition coefficient (Wildman–Crippen LogP) is 1.80. The number of hydrogen-bond donors (Lipinski definition) is 2. The molecule has 0 amide bonds. The third-order valence-electron chi connectivity index (χ3n) is 2.24. The van der Waals surface area contributed by atoms with E-state index in [9.17, 15) is 20.3 Å². The number of nitro groups is 1. The quantitative estimate of drug-likeness (QED) is 0.618. The molecule has 1 rings (SSSR count). The van der Waals surface area contributed by atoms with Crippen LogP contribution in [0.25, 0.3) is 0 Å². The minimum atomic E-state index is -1.02. The third kappa shape index (κ3) is 3.97. The third-order valence-corrected chi connectivity index (χ3v) is 2.24. The predicted molar refractivity (Wildman–Crippen MR) is 65.5 cm³/mol. The van der Waals surface area contributed by atoms with Crippen LogP contribution >= 0.6 is 0 Å². The molecular weight excluding hydrogens is 238 g/mol. The van der Waals surface area contributed by atoms with Gasteiger partial charge in [-0.2, -0.15) is 0 Å². The van der Waals surface area contributed by atoms with Crippen molar-refractivity contribution in [2.24, 2.45) is 0 Å². The number of aliphatic hydroxyl groups is 2. The van der Waals surface area contributed by atoms with Gasteiger partial charge in [-0.25, -0.2) is 0 Å². The zero-order valence-corrected chi connectivity index (χ0v) is 10.6. The number of nitrogens with zero attached hydrogens (tertiary/aromatic N) is 1. The number of rotatable bonds is 5. The largest absolute Gasteiger partial charge is 0.490 e. The molecule has 0 aliphatic rings. The van der Waals surface area contributed by atoms with Crippen LogP contribution in [-0.2, 0) is 0 Å². The summed E-state index contributed by atoms with van der Waals surface area (Å²) in [6, 6.07) is 3.99. The topological polar surface area (TPSA) is 92.8 Å². The summed E-state index contributed by atoms with van der Waals surface area (Å²) in [7, 11) is 0. The summed E-state index contributed by atoms with van der Waals surface area (Å²) < 4.78 is 5.37. The Hall–Kier alpha value is -1.66. The molecule has 2 N–H and O–H groups in total. The Balaban J connectivity index is 3.01. The SMILES string of the molecule is C[C@@H](O)c1cc([N+](=O)[O-])ccc1OCC(C)(C)O. The minimum Gasteiger partial charge on any atom is -0.490 e. The molecule has 0 heterocycles. The highest BCUT2D eigenvalue weighted by molar-refractivity contribution is 5.44. The molecular formula is C12H17NO5. The molecule has 0 saturated heterocycles. The van der Waals surface area contributed by atoms with E-state index < -0.39 is 16.6 Å². The fourth-order valence-corrected chi connectivity index (χ4v) is 1.36. The Morgan fingerprint density at radius 3 is 2.56 bits per heavy atom. The van der Waals surface area contributed by atoms with E-state index in [2.05, 4.69) is 0 Å². The molecule has 6 nitrogen and oxygen atoms in total. The van der Waals surface area contributed by atoms with Gasteiger partial charge in [-0.05, 0) is 26.8 Å². The van der Waals surface area contributed by atoms with E-state index in [0.717, 1.165) is 0 Å². The van der Waals surface area contributed by atoms with Crippen LogP contribution in [0, 0.1) is 10.1 Å². The molecule has 0 bridgehead atoms. The van der Waals surface area contributed by atoms with E-state index in [1.807, 2.05) is 0 Å². The van der Waals surface area contributed by atoms with Gasteiger partial charge in [0.05, 0.1) is 16.6 Å². The standard InChI is InChI=1S/C12H17NO5/c1-8(14)10-6-9(13(16)17)4-5-11(10)18-7-12(2,3)15/h4-6,8,14-15H,7H2,1-3H3/t8-/m1/s1. The van der Waals surface area contributed by atoms with Crippen LogP contribution in [0.2, 0.25) is 0 Å². The van der Waals surface area contributed by atoms with Crippen molar-refractivity contribution >= 4 is 5.69 Å². The zero-order valence-electron chi connectivity index (χ0n) is 10.6. The molecule has 1 atom stereocenters. The number of benzene rings is 1. The van der Waals surface area contributed by atoms with Crippen molar-refractivity contribution < 1.29 is 19.9 Å². The lowest BCUT2D eigenvalue weighted by Gasteiger charge is -2.20. The first-order valence-corrected chi connectivity index (χ1v) is 5.52. The van der Waals surface area contributed by atoms with Crippen molar-refractivity contribution in [3.05, 3.63) is 33.9 Å². The number of hydrogen-bond acceptors (Lipinski definition) is 5. The number of non-ortho nitro benzene ring substituents is 1. The van der Waals surface area contributed by atoms with Gasteiger partial charge in [0, 0.05) is 17.7 Å². The van der Waals surface area contributed by atoms with Crippen molar-refractivity contribution in [2.75, 3.05) is 6.61 Å². The molecule has 0 fully saturated rings. The number of ether oxygens (including phenoxy) is 1. The molecule has 0 aromatic heterocycles. The smallest absolute Gasteiger partial charge is 0.270 e. The van der Waals surface area contributed by atoms with Gasteiger partial charge in [0.25, 0.3) is 5.69 Å². The first kappa shape index (κ1) is 14.4. The van der Waals surface area contributed by atoms with Gasteiger partial charge in [-0.1, -0.05) is 0 Å². The van der Waals surface area contributed by atoms with Crippen LogP contribution in [0.5, 0.6) is 5.75 Å². The van der Waals surface area contributed by atoms with Gasteiger partial charge in [0.2, 0.25) is 0 Å². The average molecular weight is 255 g/mol. The van der Waals surface area contributed by atoms with E-state index in [0.29, 0.717) is 11.3 Å². The first-order valence-electron chi connectivity index (χ1n) is 5.52. The Kier molecular flexibility index (Phi) is 4.26. The van der Waals surface area contributed by atoms with Gasteiger partial charge >= 0.3 is 0 Å². The van der Waals surface area contributed by atoms with Crippen molar-refractivity contribution in [3.63, 3.8) is 0 Å². The molecule has 18 heavy (non-hydrogen) atoms. The summed E-state index contributed by atoms with van der Waals surface area (Å²) in [6.07, 6.45) is -0.887. The fourth-order valence-electron chi connectivity index (χ4n) is 1.36. The lowest BCUT2D eigenvalue weighted by Crippen LogP contribution is -2.28. The highest BCUT2D eigenvalue weighted by Gasteiger charge is 2.18. The highest BCUT2D eigenvalue weighted by Crippen LogP contribution is 2.29. The molecule has 0 aliphatic carbocycles. The lowest BCUT2D eigenvalue weighted by molar-refractivity contribution is -0.385. The summed E-state index contributed by atoms with van der Waals surface area (Å²) in [6.45, 7) is 4.70. The summed E-state index contributed by atoms with van der Waals surface area (Å²) in [5.41, 5.74) is -0.799. The lowest BCUT2D eigenvalue weighted by atomic mass is 10.1. The molecule has 0 radical (unpaired) electrons. The summed E-state index contributed by atoms with van der Waals surface area (Å²) in [4.78, 5) is 10.1. The van der Waals surface area contributed by atoms with Gasteiger partial charge in [-0.15, -0.1) is 0 Å². The van der Waals surface area contributed by atoms with Gasteiger partial charge < -0.3 is 14.9 Å². The molecule has 1 aromatic rings. The Bertz CT molecular complexity index is 437. The second-order valence-corrected chi connectivity index (χ2v) is 4.76. The average Bonchev–Trinajstić information content (AvgIpc) is 2.24. The molecule has 6 heteroatoms. The Morgan fingerprint density at radius 1 is 1.50 bits per heavy atom. The maximum absolute atomic E-state index is 10.6. The second-order valence-electron chi connectivity index (χ2n) is 4.76. The van der Waals surface area contributed by atoms with Gasteiger partial charge in [-0.3, -0.25) is 10.1 Å². The summed E-state index contributed by atoms with van der Waals surface area (Å²) in [5, 5.41) is 29.8. The molecule has 100 valence electrons. The monoisotopic (exact) mass is 255 g/mol. The van der Waals surface area contributed by atoms with Crippen molar-refractivity contribution in [1.82, 2.24) is 0 Å². The van der Waals surface area contributed by atoms with Gasteiger partial charge in [0.15, 0.2) is 0 Å². The van der Waals surface area contributed by atoms with Gasteiger partial charge in [0.1, 0.15) is 12.4 Å². The zero-order chi connectivity index (χ0) is 13.9. The molecule has 0 spiro atoms. The highest BCUT2D eigenvalue weighted by atomic mass is 16.6. The Labute approximate surface area is 105 Å². The normalized spacial score (nSPS) is 13.2. The van der Waals surface area contributed by atoms with Crippen molar-refractivity contribution in [3.8, 4) is 5.75 Å². The molecule has 0 saturated carbocycles. The van der Waals surface area contributed by atoms with Crippen molar-refractivity contribution in [1.29, 1.82) is 0 Å². The van der Waals surface area contributed by atoms with Crippen molar-refractivity contribution in [2.45, 2.75) is 32.5 Å². The van der Waals surface area contributed by atoms with Crippen LogP contribution in [0.3, 0.4) is 0 Å². The molecule has 1 aromatic carbocycles. The maximum Gasteiger partial charge on any atom is 0.270 e. The van der Waals surface area contributed by atoms with E-state index in [4.69, 9.17) is 4.74 Å². The molecule has 0 unspecified atom stereocenters. The van der Waals surface area contributed by atoms with E-state index >= 15 is 0 Å². The summed E-state index contributed by atoms with van der Waals surface area (Å²) in [5.74, 6) is 0.331. The number of aliphatic hydroxyl groups excluding tert-OH is 1. The van der Waals surface area contributed by atoms with Crippen LogP contribution in [0.15, 0.2) is 18.2 Å². The van der Waals surface area contributed by atoms with Crippen LogP contribution in [0.4, 0.5) is 5.69 Å². The van der Waals surface area contributed by atoms with E-state index in [-0.39, 0.29) is 12.3 Å². The second kappa shape index (κ2) is 5.32. The van der Waals surface area contributed by atoms with Crippen LogP contribution < -0.4 is 4.74 Å². The maximum atomic E-state index is 10.6. The minimum absolute atomic E-state index is 0.0323. The fraction of sp³-hybridized carbons (Fsp3) is 0.500. The Morgan fingerprint density at radius 2 is 2.11 bits per heavy atom. The number of nitro benzene ring substituents is 1. The summed E-state index contributed by atoms with van der Waals surface area (Å²) >= 11 is 0. The molecule has 0 aliphatic heterocycles.